The highest BCUT2D eigenvalue weighted by molar-refractivity contribution is 5.95. The van der Waals surface area contributed by atoms with Gasteiger partial charge in [-0.3, -0.25) is 4.98 Å². The highest BCUT2D eigenvalue weighted by Gasteiger charge is 2.08. The van der Waals surface area contributed by atoms with Crippen LogP contribution in [0.5, 0.6) is 5.75 Å². The van der Waals surface area contributed by atoms with E-state index in [9.17, 15) is 0 Å². The molecular formula is C23H29N3O. The molecule has 4 heteroatoms. The van der Waals surface area contributed by atoms with Crippen LogP contribution in [0.15, 0.2) is 54.7 Å². The molecule has 0 aliphatic heterocycles. The summed E-state index contributed by atoms with van der Waals surface area (Å²) in [6.07, 6.45) is 2.98. The second-order valence-corrected chi connectivity index (χ2v) is 6.63. The lowest BCUT2D eigenvalue weighted by Gasteiger charge is -2.18. The Balaban J connectivity index is 1.71. The minimum Gasteiger partial charge on any atom is -0.497 e. The molecule has 27 heavy (non-hydrogen) atoms. The van der Waals surface area contributed by atoms with E-state index in [1.165, 1.54) is 0 Å². The van der Waals surface area contributed by atoms with Crippen LogP contribution in [0.2, 0.25) is 0 Å². The van der Waals surface area contributed by atoms with Crippen LogP contribution >= 0.6 is 0 Å². The molecule has 3 rings (SSSR count). The predicted molar refractivity (Wildman–Crippen MR) is 115 cm³/mol. The lowest BCUT2D eigenvalue weighted by atomic mass is 10.0. The Morgan fingerprint density at radius 3 is 2.52 bits per heavy atom. The molecule has 0 unspecified atom stereocenters. The number of methoxy groups -OCH3 is 1. The molecule has 0 atom stereocenters. The summed E-state index contributed by atoms with van der Waals surface area (Å²) in [6, 6.07) is 16.7. The number of anilines is 1. The highest BCUT2D eigenvalue weighted by Crippen LogP contribution is 2.32. The molecular weight excluding hydrogens is 334 g/mol. The quantitative estimate of drug-likeness (QED) is 0.540. The Kier molecular flexibility index (Phi) is 6.66. The first-order valence-electron chi connectivity index (χ1n) is 9.74. The van der Waals surface area contributed by atoms with Crippen molar-refractivity contribution in [2.75, 3.05) is 38.6 Å². The van der Waals surface area contributed by atoms with Gasteiger partial charge in [-0.2, -0.15) is 0 Å². The van der Waals surface area contributed by atoms with Crippen molar-refractivity contribution in [1.29, 1.82) is 0 Å². The van der Waals surface area contributed by atoms with Gasteiger partial charge in [0.05, 0.1) is 12.6 Å². The van der Waals surface area contributed by atoms with Crippen molar-refractivity contribution in [2.24, 2.45) is 0 Å². The summed E-state index contributed by atoms with van der Waals surface area (Å²) < 4.78 is 5.47. The first-order chi connectivity index (χ1) is 13.2. The molecule has 3 aromatic rings. The van der Waals surface area contributed by atoms with Gasteiger partial charge in [-0.05, 0) is 62.0 Å². The summed E-state index contributed by atoms with van der Waals surface area (Å²) in [5, 5.41) is 4.61. The number of aromatic nitrogens is 1. The number of rotatable bonds is 9. The average molecular weight is 364 g/mol. The number of fused-ring (bicyclic) bond motifs is 1. The molecule has 0 aliphatic rings. The molecule has 0 saturated heterocycles. The van der Waals surface area contributed by atoms with E-state index in [0.717, 1.165) is 66.1 Å². The topological polar surface area (TPSA) is 37.4 Å². The van der Waals surface area contributed by atoms with Gasteiger partial charge in [0.15, 0.2) is 0 Å². The SMILES string of the molecule is CCN(CC)CCCNc1ccc(-c2cc(OC)cc3cccnc23)cc1. The molecule has 0 radical (unpaired) electrons. The Bertz CT molecular complexity index is 857. The number of pyridine rings is 1. The number of nitrogens with zero attached hydrogens (tertiary/aromatic N) is 2. The Morgan fingerprint density at radius 2 is 1.81 bits per heavy atom. The maximum Gasteiger partial charge on any atom is 0.120 e. The van der Waals surface area contributed by atoms with Gasteiger partial charge in [0, 0.05) is 29.4 Å². The zero-order chi connectivity index (χ0) is 19.1. The molecule has 142 valence electrons. The van der Waals surface area contributed by atoms with Crippen LogP contribution in [-0.2, 0) is 0 Å². The van der Waals surface area contributed by atoms with Crippen LogP contribution in [0.4, 0.5) is 5.69 Å². The minimum absolute atomic E-state index is 0.851. The van der Waals surface area contributed by atoms with E-state index in [2.05, 4.69) is 65.4 Å². The van der Waals surface area contributed by atoms with E-state index in [1.54, 1.807) is 7.11 Å². The molecule has 1 N–H and O–H groups in total. The number of hydrogen-bond acceptors (Lipinski definition) is 4. The van der Waals surface area contributed by atoms with Crippen LogP contribution in [-0.4, -0.2) is 43.2 Å². The number of ether oxygens (including phenoxy) is 1. The van der Waals surface area contributed by atoms with Crippen LogP contribution in [0.1, 0.15) is 20.3 Å². The number of benzene rings is 2. The van der Waals surface area contributed by atoms with Gasteiger partial charge in [-0.25, -0.2) is 0 Å². The van der Waals surface area contributed by atoms with Crippen molar-refractivity contribution in [1.82, 2.24) is 9.88 Å². The van der Waals surface area contributed by atoms with E-state index in [-0.39, 0.29) is 0 Å². The number of hydrogen-bond donors (Lipinski definition) is 1. The van der Waals surface area contributed by atoms with Gasteiger partial charge in [-0.15, -0.1) is 0 Å². The second kappa shape index (κ2) is 9.38. The average Bonchev–Trinajstić information content (AvgIpc) is 2.73. The van der Waals surface area contributed by atoms with Gasteiger partial charge in [0.1, 0.15) is 5.75 Å². The molecule has 0 amide bonds. The lowest BCUT2D eigenvalue weighted by Crippen LogP contribution is -2.25. The summed E-state index contributed by atoms with van der Waals surface area (Å²) in [7, 11) is 1.70. The standard InChI is InChI=1S/C23H29N3O/c1-4-26(5-2)15-7-14-24-20-11-9-18(10-12-20)22-17-21(27-3)16-19-8-6-13-25-23(19)22/h6,8-13,16-17,24H,4-5,7,14-15H2,1-3H3. The molecule has 0 saturated carbocycles. The molecule has 1 aromatic heterocycles. The fraction of sp³-hybridized carbons (Fsp3) is 0.348. The Morgan fingerprint density at radius 1 is 1.04 bits per heavy atom. The van der Waals surface area contributed by atoms with Gasteiger partial charge in [-0.1, -0.05) is 32.0 Å². The molecule has 4 nitrogen and oxygen atoms in total. The molecule has 0 bridgehead atoms. The zero-order valence-electron chi connectivity index (χ0n) is 16.5. The van der Waals surface area contributed by atoms with Crippen LogP contribution in [0, 0.1) is 0 Å². The smallest absolute Gasteiger partial charge is 0.120 e. The van der Waals surface area contributed by atoms with Crippen molar-refractivity contribution in [3.05, 3.63) is 54.7 Å². The van der Waals surface area contributed by atoms with E-state index >= 15 is 0 Å². The molecule has 1 heterocycles. The first-order valence-corrected chi connectivity index (χ1v) is 9.74. The molecule has 0 fully saturated rings. The van der Waals surface area contributed by atoms with E-state index in [0.29, 0.717) is 0 Å². The summed E-state index contributed by atoms with van der Waals surface area (Å²) in [5.74, 6) is 0.851. The van der Waals surface area contributed by atoms with Gasteiger partial charge in [0.25, 0.3) is 0 Å². The van der Waals surface area contributed by atoms with Gasteiger partial charge >= 0.3 is 0 Å². The molecule has 0 aliphatic carbocycles. The number of nitrogens with one attached hydrogen (secondary N) is 1. The van der Waals surface area contributed by atoms with Crippen LogP contribution < -0.4 is 10.1 Å². The monoisotopic (exact) mass is 363 g/mol. The largest absolute Gasteiger partial charge is 0.497 e. The van der Waals surface area contributed by atoms with E-state index in [4.69, 9.17) is 4.74 Å². The maximum absolute atomic E-state index is 5.47. The fourth-order valence-electron chi connectivity index (χ4n) is 3.35. The highest BCUT2D eigenvalue weighted by atomic mass is 16.5. The zero-order valence-corrected chi connectivity index (χ0v) is 16.5. The summed E-state index contributed by atoms with van der Waals surface area (Å²) in [6.45, 7) is 8.79. The van der Waals surface area contributed by atoms with Crippen molar-refractivity contribution < 1.29 is 4.74 Å². The predicted octanol–water partition coefficient (Wildman–Crippen LogP) is 5.05. The summed E-state index contributed by atoms with van der Waals surface area (Å²) in [5.41, 5.74) is 4.39. The maximum atomic E-state index is 5.47. The third-order valence-electron chi connectivity index (χ3n) is 4.98. The van der Waals surface area contributed by atoms with E-state index in [1.807, 2.05) is 18.3 Å². The minimum atomic E-state index is 0.851. The van der Waals surface area contributed by atoms with Crippen molar-refractivity contribution in [3.8, 4) is 16.9 Å². The van der Waals surface area contributed by atoms with Crippen molar-refractivity contribution >= 4 is 16.6 Å². The lowest BCUT2D eigenvalue weighted by molar-refractivity contribution is 0.303. The Labute approximate surface area is 162 Å². The van der Waals surface area contributed by atoms with Crippen molar-refractivity contribution in [3.63, 3.8) is 0 Å². The van der Waals surface area contributed by atoms with E-state index < -0.39 is 0 Å². The summed E-state index contributed by atoms with van der Waals surface area (Å²) >= 11 is 0. The van der Waals surface area contributed by atoms with Gasteiger partial charge in [0.2, 0.25) is 0 Å². The third-order valence-corrected chi connectivity index (χ3v) is 4.98. The first kappa shape index (κ1) is 19.2. The Hall–Kier alpha value is -2.59. The van der Waals surface area contributed by atoms with Crippen LogP contribution in [0.25, 0.3) is 22.0 Å². The van der Waals surface area contributed by atoms with Crippen LogP contribution in [0.3, 0.4) is 0 Å². The third kappa shape index (κ3) is 4.77. The van der Waals surface area contributed by atoms with Gasteiger partial charge < -0.3 is 15.0 Å². The molecule has 0 spiro atoms. The normalized spacial score (nSPS) is 11.1. The molecule has 2 aromatic carbocycles. The van der Waals surface area contributed by atoms with Crippen molar-refractivity contribution in [2.45, 2.75) is 20.3 Å². The second-order valence-electron chi connectivity index (χ2n) is 6.63. The summed E-state index contributed by atoms with van der Waals surface area (Å²) in [4.78, 5) is 7.02. The fourth-order valence-corrected chi connectivity index (χ4v) is 3.35.